The highest BCUT2D eigenvalue weighted by Crippen LogP contribution is 2.28. The van der Waals surface area contributed by atoms with Gasteiger partial charge in [-0.15, -0.1) is 0 Å². The molecule has 0 bridgehead atoms. The highest BCUT2D eigenvalue weighted by Gasteiger charge is 2.21. The molecule has 1 atom stereocenters. The van der Waals surface area contributed by atoms with E-state index in [1.807, 2.05) is 13.0 Å². The van der Waals surface area contributed by atoms with Crippen LogP contribution in [-0.2, 0) is 0 Å². The van der Waals surface area contributed by atoms with Crippen LogP contribution in [0.3, 0.4) is 0 Å². The van der Waals surface area contributed by atoms with Crippen LogP contribution in [0.4, 0.5) is 11.4 Å². The second-order valence-corrected chi connectivity index (χ2v) is 5.25. The van der Waals surface area contributed by atoms with Crippen LogP contribution in [0.15, 0.2) is 18.2 Å². The van der Waals surface area contributed by atoms with Crippen LogP contribution in [0.25, 0.3) is 0 Å². The molecule has 1 saturated heterocycles. The van der Waals surface area contributed by atoms with Gasteiger partial charge in [-0.05, 0) is 43.7 Å². The van der Waals surface area contributed by atoms with E-state index in [0.717, 1.165) is 43.6 Å². The Bertz CT molecular complexity index is 460. The second-order valence-electron chi connectivity index (χ2n) is 5.25. The molecule has 1 aliphatic rings. The number of nitro benzene ring substituents is 1. The Hall–Kier alpha value is -1.62. The van der Waals surface area contributed by atoms with Crippen molar-refractivity contribution in [2.24, 2.45) is 5.92 Å². The number of aliphatic hydroxyl groups excluding tert-OH is 1. The number of nitrogens with zero attached hydrogens (tertiary/aromatic N) is 2. The molecular weight excluding hydrogens is 244 g/mol. The molecule has 0 radical (unpaired) electrons. The number of aryl methyl sites for hydroxylation is 1. The van der Waals surface area contributed by atoms with Crippen molar-refractivity contribution in [1.29, 1.82) is 0 Å². The summed E-state index contributed by atoms with van der Waals surface area (Å²) in [5.41, 5.74) is 1.99. The molecular formula is C14H20N2O3. The Labute approximate surface area is 113 Å². The van der Waals surface area contributed by atoms with E-state index in [4.69, 9.17) is 5.11 Å². The van der Waals surface area contributed by atoms with Crippen molar-refractivity contribution in [1.82, 2.24) is 0 Å². The molecule has 0 amide bonds. The van der Waals surface area contributed by atoms with E-state index in [2.05, 4.69) is 4.90 Å². The van der Waals surface area contributed by atoms with Crippen molar-refractivity contribution in [3.8, 4) is 0 Å². The van der Waals surface area contributed by atoms with E-state index in [0.29, 0.717) is 5.92 Å². The molecule has 1 aromatic carbocycles. The molecule has 19 heavy (non-hydrogen) atoms. The van der Waals surface area contributed by atoms with Crippen LogP contribution < -0.4 is 4.90 Å². The number of piperidine rings is 1. The van der Waals surface area contributed by atoms with Crippen molar-refractivity contribution in [3.63, 3.8) is 0 Å². The SMILES string of the molecule is Cc1cc(N2CCCC(CCO)C2)cc([N+](=O)[O-])c1. The predicted molar refractivity (Wildman–Crippen MR) is 74.5 cm³/mol. The quantitative estimate of drug-likeness (QED) is 0.670. The maximum absolute atomic E-state index is 10.9. The monoisotopic (exact) mass is 264 g/mol. The minimum Gasteiger partial charge on any atom is -0.396 e. The minimum absolute atomic E-state index is 0.152. The summed E-state index contributed by atoms with van der Waals surface area (Å²) in [5.74, 6) is 0.485. The van der Waals surface area contributed by atoms with Crippen molar-refractivity contribution in [2.45, 2.75) is 26.2 Å². The van der Waals surface area contributed by atoms with Crippen LogP contribution in [0.1, 0.15) is 24.8 Å². The van der Waals surface area contributed by atoms with E-state index < -0.39 is 0 Å². The number of anilines is 1. The Morgan fingerprint density at radius 1 is 1.47 bits per heavy atom. The van der Waals surface area contributed by atoms with Crippen LogP contribution in [0.5, 0.6) is 0 Å². The molecule has 0 saturated carbocycles. The number of aliphatic hydroxyl groups is 1. The van der Waals surface area contributed by atoms with Gasteiger partial charge in [0.25, 0.3) is 5.69 Å². The molecule has 0 aromatic heterocycles. The van der Waals surface area contributed by atoms with Crippen molar-refractivity contribution in [2.75, 3.05) is 24.6 Å². The lowest BCUT2D eigenvalue weighted by Crippen LogP contribution is -2.35. The molecule has 5 nitrogen and oxygen atoms in total. The normalized spacial score (nSPS) is 19.5. The Balaban J connectivity index is 2.18. The molecule has 1 aromatic rings. The minimum atomic E-state index is -0.342. The van der Waals surface area contributed by atoms with Gasteiger partial charge in [-0.25, -0.2) is 0 Å². The first-order valence-electron chi connectivity index (χ1n) is 6.72. The van der Waals surface area contributed by atoms with Crippen LogP contribution in [0, 0.1) is 23.0 Å². The van der Waals surface area contributed by atoms with E-state index in [9.17, 15) is 10.1 Å². The fraction of sp³-hybridized carbons (Fsp3) is 0.571. The molecule has 0 spiro atoms. The lowest BCUT2D eigenvalue weighted by Gasteiger charge is -2.34. The molecule has 1 N–H and O–H groups in total. The summed E-state index contributed by atoms with van der Waals surface area (Å²) in [6.45, 7) is 3.90. The Morgan fingerprint density at radius 2 is 2.26 bits per heavy atom. The maximum Gasteiger partial charge on any atom is 0.271 e. The van der Waals surface area contributed by atoms with Crippen LogP contribution >= 0.6 is 0 Å². The summed E-state index contributed by atoms with van der Waals surface area (Å²) in [5, 5.41) is 19.9. The van der Waals surface area contributed by atoms with Gasteiger partial charge < -0.3 is 10.0 Å². The third-order valence-corrected chi connectivity index (χ3v) is 3.68. The van der Waals surface area contributed by atoms with Gasteiger partial charge in [0.15, 0.2) is 0 Å². The topological polar surface area (TPSA) is 66.6 Å². The molecule has 1 fully saturated rings. The van der Waals surface area contributed by atoms with Gasteiger partial charge in [-0.3, -0.25) is 10.1 Å². The average molecular weight is 264 g/mol. The zero-order valence-corrected chi connectivity index (χ0v) is 11.2. The molecule has 1 unspecified atom stereocenters. The fourth-order valence-corrected chi connectivity index (χ4v) is 2.75. The number of non-ortho nitro benzene ring substituents is 1. The highest BCUT2D eigenvalue weighted by atomic mass is 16.6. The van der Waals surface area contributed by atoms with Crippen LogP contribution in [0.2, 0.25) is 0 Å². The third kappa shape index (κ3) is 3.44. The average Bonchev–Trinajstić information content (AvgIpc) is 2.38. The summed E-state index contributed by atoms with van der Waals surface area (Å²) < 4.78 is 0. The molecule has 2 rings (SSSR count). The summed E-state index contributed by atoms with van der Waals surface area (Å²) in [4.78, 5) is 12.8. The van der Waals surface area contributed by atoms with E-state index in [-0.39, 0.29) is 17.2 Å². The molecule has 5 heteroatoms. The summed E-state index contributed by atoms with van der Waals surface area (Å²) in [7, 11) is 0. The first-order valence-corrected chi connectivity index (χ1v) is 6.72. The zero-order valence-electron chi connectivity index (χ0n) is 11.2. The zero-order chi connectivity index (χ0) is 13.8. The second kappa shape index (κ2) is 6.02. The maximum atomic E-state index is 10.9. The van der Waals surface area contributed by atoms with Gasteiger partial charge in [0, 0.05) is 37.5 Å². The summed E-state index contributed by atoms with van der Waals surface area (Å²) in [6.07, 6.45) is 3.02. The van der Waals surface area contributed by atoms with E-state index in [1.165, 1.54) is 0 Å². The molecule has 0 aliphatic carbocycles. The first-order chi connectivity index (χ1) is 9.10. The molecule has 1 heterocycles. The summed E-state index contributed by atoms with van der Waals surface area (Å²) in [6, 6.07) is 5.24. The van der Waals surface area contributed by atoms with Crippen molar-refractivity contribution < 1.29 is 10.0 Å². The Morgan fingerprint density at radius 3 is 2.95 bits per heavy atom. The van der Waals surface area contributed by atoms with Crippen molar-refractivity contribution in [3.05, 3.63) is 33.9 Å². The number of nitro groups is 1. The van der Waals surface area contributed by atoms with E-state index in [1.54, 1.807) is 12.1 Å². The highest BCUT2D eigenvalue weighted by molar-refractivity contribution is 5.56. The van der Waals surface area contributed by atoms with Gasteiger partial charge in [-0.2, -0.15) is 0 Å². The summed E-state index contributed by atoms with van der Waals surface area (Å²) >= 11 is 0. The lowest BCUT2D eigenvalue weighted by atomic mass is 9.94. The molecule has 1 aliphatic heterocycles. The fourth-order valence-electron chi connectivity index (χ4n) is 2.75. The first kappa shape index (κ1) is 13.8. The van der Waals surface area contributed by atoms with Gasteiger partial charge >= 0.3 is 0 Å². The largest absolute Gasteiger partial charge is 0.396 e. The number of rotatable bonds is 4. The van der Waals surface area contributed by atoms with Gasteiger partial charge in [0.05, 0.1) is 4.92 Å². The third-order valence-electron chi connectivity index (χ3n) is 3.68. The molecule has 104 valence electrons. The number of hydrogen-bond acceptors (Lipinski definition) is 4. The number of hydrogen-bond donors (Lipinski definition) is 1. The van der Waals surface area contributed by atoms with Gasteiger partial charge in [-0.1, -0.05) is 0 Å². The number of benzene rings is 1. The Kier molecular flexibility index (Phi) is 4.37. The van der Waals surface area contributed by atoms with Crippen molar-refractivity contribution >= 4 is 11.4 Å². The predicted octanol–water partition coefficient (Wildman–Crippen LogP) is 2.50. The lowest BCUT2D eigenvalue weighted by molar-refractivity contribution is -0.384. The van der Waals surface area contributed by atoms with E-state index >= 15 is 0 Å². The standard InChI is InChI=1S/C14H20N2O3/c1-11-7-13(9-14(8-11)16(18)19)15-5-2-3-12(10-15)4-6-17/h7-9,12,17H,2-6,10H2,1H3. The van der Waals surface area contributed by atoms with Gasteiger partial charge in [0.2, 0.25) is 0 Å². The smallest absolute Gasteiger partial charge is 0.271 e. The van der Waals surface area contributed by atoms with Gasteiger partial charge in [0.1, 0.15) is 0 Å². The van der Waals surface area contributed by atoms with Crippen LogP contribution in [-0.4, -0.2) is 29.7 Å².